The van der Waals surface area contributed by atoms with Gasteiger partial charge in [-0.3, -0.25) is 4.79 Å². The lowest BCUT2D eigenvalue weighted by Crippen LogP contribution is -1.98. The first-order valence-electron chi connectivity index (χ1n) is 4.12. The summed E-state index contributed by atoms with van der Waals surface area (Å²) in [7, 11) is 1.58. The maximum atomic E-state index is 10.3. The Balaban J connectivity index is 3.08. The van der Waals surface area contributed by atoms with Crippen LogP contribution < -0.4 is 0 Å². The average Bonchev–Trinajstić information content (AvgIpc) is 2.09. The topological polar surface area (TPSA) is 44.8 Å². The van der Waals surface area contributed by atoms with Gasteiger partial charge in [0.05, 0.1) is 6.61 Å². The van der Waals surface area contributed by atoms with Gasteiger partial charge in [0.1, 0.15) is 13.4 Å². The zero-order chi connectivity index (χ0) is 9.94. The SMILES string of the molecule is COCOCCC=CCOC(C)=O. The van der Waals surface area contributed by atoms with Gasteiger partial charge in [-0.05, 0) is 6.42 Å². The van der Waals surface area contributed by atoms with Crippen molar-refractivity contribution in [3.05, 3.63) is 12.2 Å². The van der Waals surface area contributed by atoms with E-state index in [1.807, 2.05) is 6.08 Å². The molecule has 0 aromatic rings. The van der Waals surface area contributed by atoms with Crippen LogP contribution in [0.2, 0.25) is 0 Å². The summed E-state index contributed by atoms with van der Waals surface area (Å²) in [4.78, 5) is 10.3. The zero-order valence-electron chi connectivity index (χ0n) is 8.12. The lowest BCUT2D eigenvalue weighted by Gasteiger charge is -1.98. The Hall–Kier alpha value is -0.870. The van der Waals surface area contributed by atoms with Crippen molar-refractivity contribution in [1.82, 2.24) is 0 Å². The maximum absolute atomic E-state index is 10.3. The molecule has 4 nitrogen and oxygen atoms in total. The summed E-state index contributed by atoms with van der Waals surface area (Å²) in [5.41, 5.74) is 0. The number of carbonyl (C=O) groups is 1. The van der Waals surface area contributed by atoms with Crippen molar-refractivity contribution in [3.8, 4) is 0 Å². The first-order valence-corrected chi connectivity index (χ1v) is 4.12. The molecule has 0 saturated carbocycles. The monoisotopic (exact) mass is 188 g/mol. The quantitative estimate of drug-likeness (QED) is 0.260. The van der Waals surface area contributed by atoms with Gasteiger partial charge in [-0.1, -0.05) is 12.2 Å². The van der Waals surface area contributed by atoms with Crippen molar-refractivity contribution in [2.24, 2.45) is 0 Å². The lowest BCUT2D eigenvalue weighted by atomic mass is 10.4. The van der Waals surface area contributed by atoms with Crippen LogP contribution in [0.15, 0.2) is 12.2 Å². The van der Waals surface area contributed by atoms with Gasteiger partial charge in [0, 0.05) is 14.0 Å². The van der Waals surface area contributed by atoms with E-state index < -0.39 is 0 Å². The second-order valence-electron chi connectivity index (χ2n) is 2.38. The van der Waals surface area contributed by atoms with Crippen molar-refractivity contribution in [2.75, 3.05) is 27.1 Å². The predicted molar refractivity (Wildman–Crippen MR) is 48.2 cm³/mol. The molecule has 0 aliphatic rings. The minimum Gasteiger partial charge on any atom is -0.462 e. The normalized spacial score (nSPS) is 10.6. The Morgan fingerprint density at radius 2 is 2.15 bits per heavy atom. The van der Waals surface area contributed by atoms with E-state index in [0.29, 0.717) is 20.0 Å². The number of rotatable bonds is 7. The minimum atomic E-state index is -0.264. The number of hydrogen-bond acceptors (Lipinski definition) is 4. The van der Waals surface area contributed by atoms with Crippen LogP contribution >= 0.6 is 0 Å². The van der Waals surface area contributed by atoms with Crippen LogP contribution in [0.4, 0.5) is 0 Å². The molecule has 0 rings (SSSR count). The highest BCUT2D eigenvalue weighted by Gasteiger charge is 1.86. The standard InChI is InChI=1S/C9H16O4/c1-9(10)13-7-5-3-4-6-12-8-11-2/h3,5H,4,6-8H2,1-2H3. The van der Waals surface area contributed by atoms with E-state index in [4.69, 9.17) is 4.74 Å². The molecule has 0 bridgehead atoms. The largest absolute Gasteiger partial charge is 0.462 e. The van der Waals surface area contributed by atoms with E-state index in [1.165, 1.54) is 6.92 Å². The molecule has 0 aromatic heterocycles. The fraction of sp³-hybridized carbons (Fsp3) is 0.667. The van der Waals surface area contributed by atoms with Gasteiger partial charge < -0.3 is 14.2 Å². The molecule has 0 saturated heterocycles. The molecule has 0 N–H and O–H groups in total. The molecule has 0 radical (unpaired) electrons. The number of carbonyl (C=O) groups excluding carboxylic acids is 1. The fourth-order valence-electron chi connectivity index (χ4n) is 0.645. The van der Waals surface area contributed by atoms with Gasteiger partial charge in [-0.15, -0.1) is 0 Å². The summed E-state index contributed by atoms with van der Waals surface area (Å²) in [6.45, 7) is 2.65. The number of hydrogen-bond donors (Lipinski definition) is 0. The molecule has 0 aliphatic heterocycles. The third-order valence-corrected chi connectivity index (χ3v) is 1.18. The van der Waals surface area contributed by atoms with E-state index in [2.05, 4.69) is 9.47 Å². The Bertz CT molecular complexity index is 154. The van der Waals surface area contributed by atoms with Gasteiger partial charge in [0.2, 0.25) is 0 Å². The number of methoxy groups -OCH3 is 1. The summed E-state index contributed by atoms with van der Waals surface area (Å²) < 4.78 is 14.4. The van der Waals surface area contributed by atoms with Crippen LogP contribution in [0.1, 0.15) is 13.3 Å². The smallest absolute Gasteiger partial charge is 0.302 e. The highest BCUT2D eigenvalue weighted by molar-refractivity contribution is 5.65. The molecule has 0 heterocycles. The van der Waals surface area contributed by atoms with Crippen LogP contribution in [0.3, 0.4) is 0 Å². The summed E-state index contributed by atoms with van der Waals surface area (Å²) in [5.74, 6) is -0.264. The van der Waals surface area contributed by atoms with Gasteiger partial charge in [0.15, 0.2) is 0 Å². The second kappa shape index (κ2) is 9.22. The molecule has 0 unspecified atom stereocenters. The fourth-order valence-corrected chi connectivity index (χ4v) is 0.645. The third kappa shape index (κ3) is 11.1. The van der Waals surface area contributed by atoms with Crippen LogP contribution in [-0.4, -0.2) is 33.1 Å². The summed E-state index contributed by atoms with van der Waals surface area (Å²) in [5, 5.41) is 0. The molecule has 0 fully saturated rings. The molecular formula is C9H16O4. The Kier molecular flexibility index (Phi) is 8.60. The molecule has 0 aromatic carbocycles. The Morgan fingerprint density at radius 3 is 2.77 bits per heavy atom. The average molecular weight is 188 g/mol. The summed E-state index contributed by atoms with van der Waals surface area (Å²) in [6.07, 6.45) is 4.49. The van der Waals surface area contributed by atoms with E-state index >= 15 is 0 Å². The molecule has 0 spiro atoms. The zero-order valence-corrected chi connectivity index (χ0v) is 8.12. The number of esters is 1. The second-order valence-corrected chi connectivity index (χ2v) is 2.38. The van der Waals surface area contributed by atoms with E-state index in [9.17, 15) is 4.79 Å². The molecule has 13 heavy (non-hydrogen) atoms. The Labute approximate surface area is 78.5 Å². The first kappa shape index (κ1) is 12.1. The molecule has 0 amide bonds. The first-order chi connectivity index (χ1) is 6.27. The van der Waals surface area contributed by atoms with Crippen LogP contribution in [0.25, 0.3) is 0 Å². The van der Waals surface area contributed by atoms with Crippen LogP contribution in [-0.2, 0) is 19.0 Å². The molecular weight excluding hydrogens is 172 g/mol. The molecule has 0 atom stereocenters. The third-order valence-electron chi connectivity index (χ3n) is 1.18. The molecule has 4 heteroatoms. The van der Waals surface area contributed by atoms with E-state index in [1.54, 1.807) is 13.2 Å². The Morgan fingerprint density at radius 1 is 1.38 bits per heavy atom. The van der Waals surface area contributed by atoms with Crippen molar-refractivity contribution < 1.29 is 19.0 Å². The van der Waals surface area contributed by atoms with Gasteiger partial charge in [-0.2, -0.15) is 0 Å². The van der Waals surface area contributed by atoms with Gasteiger partial charge in [-0.25, -0.2) is 0 Å². The highest BCUT2D eigenvalue weighted by Crippen LogP contribution is 1.86. The van der Waals surface area contributed by atoms with Crippen LogP contribution in [0, 0.1) is 0 Å². The van der Waals surface area contributed by atoms with Gasteiger partial charge >= 0.3 is 5.97 Å². The van der Waals surface area contributed by atoms with E-state index in [-0.39, 0.29) is 5.97 Å². The number of ether oxygens (including phenoxy) is 3. The van der Waals surface area contributed by atoms with Crippen molar-refractivity contribution in [1.29, 1.82) is 0 Å². The predicted octanol–water partition coefficient (Wildman–Crippen LogP) is 1.12. The highest BCUT2D eigenvalue weighted by atomic mass is 16.7. The summed E-state index contributed by atoms with van der Waals surface area (Å²) in [6, 6.07) is 0. The summed E-state index contributed by atoms with van der Waals surface area (Å²) >= 11 is 0. The maximum Gasteiger partial charge on any atom is 0.302 e. The van der Waals surface area contributed by atoms with E-state index in [0.717, 1.165) is 6.42 Å². The van der Waals surface area contributed by atoms with Crippen LogP contribution in [0.5, 0.6) is 0 Å². The minimum absolute atomic E-state index is 0.264. The van der Waals surface area contributed by atoms with Crippen molar-refractivity contribution in [2.45, 2.75) is 13.3 Å². The molecule has 76 valence electrons. The lowest BCUT2D eigenvalue weighted by molar-refractivity contribution is -0.139. The van der Waals surface area contributed by atoms with Crippen molar-refractivity contribution >= 4 is 5.97 Å². The van der Waals surface area contributed by atoms with Crippen molar-refractivity contribution in [3.63, 3.8) is 0 Å². The molecule has 0 aliphatic carbocycles. The van der Waals surface area contributed by atoms with Gasteiger partial charge in [0.25, 0.3) is 0 Å².